The number of aryl methyl sites for hydroxylation is 2. The average molecular weight is 181 g/mol. The first kappa shape index (κ1) is 10.0. The number of hydrogen-bond acceptors (Lipinski definition) is 3. The van der Waals surface area contributed by atoms with E-state index >= 15 is 0 Å². The maximum Gasteiger partial charge on any atom is 0.117 e. The van der Waals surface area contributed by atoms with Crippen LogP contribution in [-0.2, 0) is 0 Å². The highest BCUT2D eigenvalue weighted by Gasteiger charge is 2.05. The third-order valence-corrected chi connectivity index (χ3v) is 2.03. The molecule has 0 aliphatic heterocycles. The first-order chi connectivity index (χ1) is 6.19. The molecule has 72 valence electrons. The van der Waals surface area contributed by atoms with E-state index in [1.54, 1.807) is 0 Å². The van der Waals surface area contributed by atoms with Gasteiger partial charge in [0.25, 0.3) is 0 Å². The molecule has 0 aromatic heterocycles. The fraction of sp³-hybridized carbons (Fsp3) is 0.400. The van der Waals surface area contributed by atoms with Gasteiger partial charge in [0.05, 0.1) is 0 Å². The summed E-state index contributed by atoms with van der Waals surface area (Å²) in [6.07, 6.45) is 0. The molecule has 0 amide bonds. The summed E-state index contributed by atoms with van der Waals surface area (Å²) in [5, 5.41) is 17.9. The van der Waals surface area contributed by atoms with Gasteiger partial charge in [0.15, 0.2) is 0 Å². The van der Waals surface area contributed by atoms with Crippen molar-refractivity contribution in [1.29, 1.82) is 0 Å². The summed E-state index contributed by atoms with van der Waals surface area (Å²) in [5.74, 6) is 0. The zero-order chi connectivity index (χ0) is 9.84. The van der Waals surface area contributed by atoms with Gasteiger partial charge in [0, 0.05) is 5.69 Å². The molecule has 0 heterocycles. The number of anilines is 1. The van der Waals surface area contributed by atoms with Crippen LogP contribution >= 0.6 is 0 Å². The Labute approximate surface area is 78.2 Å². The smallest absolute Gasteiger partial charge is 0.117 e. The quantitative estimate of drug-likeness (QED) is 0.684. The van der Waals surface area contributed by atoms with Crippen molar-refractivity contribution in [1.82, 2.24) is 0 Å². The summed E-state index contributed by atoms with van der Waals surface area (Å²) >= 11 is 0. The summed E-state index contributed by atoms with van der Waals surface area (Å²) in [4.78, 5) is 1.49. The third-order valence-electron chi connectivity index (χ3n) is 2.03. The molecule has 0 aliphatic rings. The van der Waals surface area contributed by atoms with Gasteiger partial charge in [0.2, 0.25) is 0 Å². The van der Waals surface area contributed by atoms with Crippen molar-refractivity contribution in [3.05, 3.63) is 29.3 Å². The molecule has 0 radical (unpaired) electrons. The molecule has 3 nitrogen and oxygen atoms in total. The van der Waals surface area contributed by atoms with Crippen LogP contribution in [0.3, 0.4) is 0 Å². The zero-order valence-corrected chi connectivity index (χ0v) is 7.99. The molecule has 0 aliphatic carbocycles. The van der Waals surface area contributed by atoms with E-state index in [2.05, 4.69) is 0 Å². The number of aliphatic hydroxyl groups excluding tert-OH is 2. The van der Waals surface area contributed by atoms with E-state index in [0.29, 0.717) is 0 Å². The topological polar surface area (TPSA) is 43.7 Å². The van der Waals surface area contributed by atoms with Gasteiger partial charge in [-0.2, -0.15) is 0 Å². The van der Waals surface area contributed by atoms with E-state index in [0.717, 1.165) is 11.3 Å². The standard InChI is InChI=1S/C10H15NO2/c1-8-3-4-10(9(2)5-8)11(6-12)7-13/h3-5,12-13H,6-7H2,1-2H3. The van der Waals surface area contributed by atoms with E-state index < -0.39 is 0 Å². The average Bonchev–Trinajstić information content (AvgIpc) is 2.10. The number of rotatable bonds is 3. The molecular formula is C10H15NO2. The van der Waals surface area contributed by atoms with Crippen molar-refractivity contribution in [2.45, 2.75) is 13.8 Å². The molecule has 13 heavy (non-hydrogen) atoms. The Kier molecular flexibility index (Phi) is 3.28. The maximum absolute atomic E-state index is 8.94. The summed E-state index contributed by atoms with van der Waals surface area (Å²) in [6.45, 7) is 3.64. The normalized spacial score (nSPS) is 10.2. The van der Waals surface area contributed by atoms with E-state index in [-0.39, 0.29) is 13.5 Å². The van der Waals surface area contributed by atoms with Gasteiger partial charge in [-0.3, -0.25) is 0 Å². The van der Waals surface area contributed by atoms with Crippen molar-refractivity contribution in [2.24, 2.45) is 0 Å². The molecule has 0 unspecified atom stereocenters. The number of hydrogen-bond donors (Lipinski definition) is 2. The van der Waals surface area contributed by atoms with Crippen LogP contribution in [0.15, 0.2) is 18.2 Å². The lowest BCUT2D eigenvalue weighted by Gasteiger charge is -2.21. The maximum atomic E-state index is 8.94. The van der Waals surface area contributed by atoms with Crippen molar-refractivity contribution in [2.75, 3.05) is 18.4 Å². The van der Waals surface area contributed by atoms with Gasteiger partial charge in [0.1, 0.15) is 13.5 Å². The largest absolute Gasteiger partial charge is 0.376 e. The fourth-order valence-corrected chi connectivity index (χ4v) is 1.36. The van der Waals surface area contributed by atoms with Gasteiger partial charge in [-0.15, -0.1) is 0 Å². The Bertz CT molecular complexity index is 282. The van der Waals surface area contributed by atoms with E-state index in [9.17, 15) is 0 Å². The Balaban J connectivity index is 2.99. The molecule has 2 N–H and O–H groups in total. The lowest BCUT2D eigenvalue weighted by atomic mass is 10.1. The Hall–Kier alpha value is -1.06. The van der Waals surface area contributed by atoms with E-state index in [1.807, 2.05) is 32.0 Å². The third kappa shape index (κ3) is 2.20. The van der Waals surface area contributed by atoms with Crippen LogP contribution in [0.5, 0.6) is 0 Å². The Morgan fingerprint density at radius 3 is 2.23 bits per heavy atom. The molecule has 0 bridgehead atoms. The van der Waals surface area contributed by atoms with Crippen molar-refractivity contribution < 1.29 is 10.2 Å². The van der Waals surface area contributed by atoms with Crippen LogP contribution in [0.4, 0.5) is 5.69 Å². The second-order valence-electron chi connectivity index (χ2n) is 3.11. The molecule has 1 aromatic rings. The van der Waals surface area contributed by atoms with Gasteiger partial charge >= 0.3 is 0 Å². The Morgan fingerprint density at radius 1 is 1.15 bits per heavy atom. The van der Waals surface area contributed by atoms with Gasteiger partial charge in [-0.1, -0.05) is 17.7 Å². The zero-order valence-electron chi connectivity index (χ0n) is 7.99. The van der Waals surface area contributed by atoms with Crippen LogP contribution in [0, 0.1) is 13.8 Å². The van der Waals surface area contributed by atoms with E-state index in [4.69, 9.17) is 10.2 Å². The van der Waals surface area contributed by atoms with E-state index in [1.165, 1.54) is 10.5 Å². The van der Waals surface area contributed by atoms with Gasteiger partial charge in [-0.05, 0) is 25.5 Å². The van der Waals surface area contributed by atoms with Crippen LogP contribution in [0.2, 0.25) is 0 Å². The summed E-state index contributed by atoms with van der Waals surface area (Å²) < 4.78 is 0. The molecule has 0 saturated heterocycles. The molecule has 0 spiro atoms. The molecular weight excluding hydrogens is 166 g/mol. The van der Waals surface area contributed by atoms with Crippen LogP contribution < -0.4 is 4.90 Å². The minimum absolute atomic E-state index is 0.166. The lowest BCUT2D eigenvalue weighted by molar-refractivity contribution is 0.223. The minimum Gasteiger partial charge on any atom is -0.376 e. The van der Waals surface area contributed by atoms with Gasteiger partial charge in [-0.25, -0.2) is 0 Å². The molecule has 1 rings (SSSR count). The molecule has 1 aromatic carbocycles. The second-order valence-corrected chi connectivity index (χ2v) is 3.11. The highest BCUT2D eigenvalue weighted by Crippen LogP contribution is 2.19. The summed E-state index contributed by atoms with van der Waals surface area (Å²) in [7, 11) is 0. The number of benzene rings is 1. The van der Waals surface area contributed by atoms with Crippen molar-refractivity contribution >= 4 is 5.69 Å². The highest BCUT2D eigenvalue weighted by atomic mass is 16.3. The molecule has 0 fully saturated rings. The molecule has 3 heteroatoms. The number of aliphatic hydroxyl groups is 2. The first-order valence-electron chi connectivity index (χ1n) is 4.23. The summed E-state index contributed by atoms with van der Waals surface area (Å²) in [6, 6.07) is 5.88. The second kappa shape index (κ2) is 4.25. The molecule has 0 saturated carbocycles. The van der Waals surface area contributed by atoms with Crippen molar-refractivity contribution in [3.8, 4) is 0 Å². The Morgan fingerprint density at radius 2 is 1.77 bits per heavy atom. The van der Waals surface area contributed by atoms with Crippen molar-refractivity contribution in [3.63, 3.8) is 0 Å². The van der Waals surface area contributed by atoms with Crippen LogP contribution in [0.25, 0.3) is 0 Å². The molecule has 0 atom stereocenters. The number of nitrogens with zero attached hydrogens (tertiary/aromatic N) is 1. The fourth-order valence-electron chi connectivity index (χ4n) is 1.36. The monoisotopic (exact) mass is 181 g/mol. The first-order valence-corrected chi connectivity index (χ1v) is 4.23. The predicted molar refractivity (Wildman–Crippen MR) is 52.6 cm³/mol. The lowest BCUT2D eigenvalue weighted by Crippen LogP contribution is -2.25. The van der Waals surface area contributed by atoms with Crippen LogP contribution in [0.1, 0.15) is 11.1 Å². The van der Waals surface area contributed by atoms with Gasteiger partial charge < -0.3 is 15.1 Å². The predicted octanol–water partition coefficient (Wildman–Crippen LogP) is 1.01. The minimum atomic E-state index is -0.166. The SMILES string of the molecule is Cc1ccc(N(CO)CO)c(C)c1. The highest BCUT2D eigenvalue weighted by molar-refractivity contribution is 5.53. The summed E-state index contributed by atoms with van der Waals surface area (Å²) in [5.41, 5.74) is 3.11. The van der Waals surface area contributed by atoms with Crippen LogP contribution in [-0.4, -0.2) is 23.7 Å².